The van der Waals surface area contributed by atoms with Crippen LogP contribution in [-0.4, -0.2) is 16.0 Å². The van der Waals surface area contributed by atoms with Gasteiger partial charge in [-0.15, -0.1) is 0 Å². The van der Waals surface area contributed by atoms with Crippen LogP contribution in [0.3, 0.4) is 0 Å². The molecule has 1 N–H and O–H groups in total. The first kappa shape index (κ1) is 13.1. The molecule has 0 atom stereocenters. The van der Waals surface area contributed by atoms with Crippen molar-refractivity contribution in [3.05, 3.63) is 46.8 Å². The number of hydrogen-bond acceptors (Lipinski definition) is 4. The maximum absolute atomic E-state index is 4.31. The van der Waals surface area contributed by atoms with Crippen LogP contribution in [0.5, 0.6) is 0 Å². The van der Waals surface area contributed by atoms with Gasteiger partial charge < -0.3 is 5.32 Å². The third-order valence-corrected chi connectivity index (χ3v) is 4.47. The minimum Gasteiger partial charge on any atom is -0.310 e. The Balaban J connectivity index is 1.78. The molecular formula is C14H14BrN3S. The average Bonchev–Trinajstić information content (AvgIpc) is 3.24. The molecule has 0 amide bonds. The number of aromatic nitrogens is 2. The van der Waals surface area contributed by atoms with Gasteiger partial charge in [0.1, 0.15) is 5.03 Å². The summed E-state index contributed by atoms with van der Waals surface area (Å²) in [6.45, 7) is 0.909. The minimum absolute atomic E-state index is 0.716. The Morgan fingerprint density at radius 3 is 2.95 bits per heavy atom. The Morgan fingerprint density at radius 2 is 2.21 bits per heavy atom. The second-order valence-corrected chi connectivity index (χ2v) is 6.53. The van der Waals surface area contributed by atoms with E-state index in [4.69, 9.17) is 0 Å². The van der Waals surface area contributed by atoms with E-state index in [2.05, 4.69) is 49.4 Å². The highest BCUT2D eigenvalue weighted by Gasteiger charge is 2.20. The monoisotopic (exact) mass is 335 g/mol. The van der Waals surface area contributed by atoms with Crippen molar-refractivity contribution < 1.29 is 0 Å². The van der Waals surface area contributed by atoms with Crippen LogP contribution in [0, 0.1) is 0 Å². The molecule has 3 nitrogen and oxygen atoms in total. The minimum atomic E-state index is 0.716. The summed E-state index contributed by atoms with van der Waals surface area (Å²) in [5.41, 5.74) is 1.30. The van der Waals surface area contributed by atoms with Crippen LogP contribution in [0.2, 0.25) is 0 Å². The van der Waals surface area contributed by atoms with Crippen LogP contribution in [0.1, 0.15) is 18.4 Å². The number of nitrogens with one attached hydrogen (secondary N) is 1. The lowest BCUT2D eigenvalue weighted by Crippen LogP contribution is -2.15. The van der Waals surface area contributed by atoms with Crippen LogP contribution in [0.15, 0.2) is 51.2 Å². The standard InChI is InChI=1S/C14H14BrN3S/c15-11-1-4-13(19-14-9-16-5-6-17-14)10(7-11)8-18-12-2-3-12/h1,4-7,9,12,18H,2-3,8H2. The molecule has 0 bridgehead atoms. The predicted octanol–water partition coefficient (Wildman–Crippen LogP) is 3.64. The third-order valence-electron chi connectivity index (χ3n) is 2.94. The van der Waals surface area contributed by atoms with E-state index >= 15 is 0 Å². The zero-order valence-electron chi connectivity index (χ0n) is 10.3. The Labute approximate surface area is 125 Å². The van der Waals surface area contributed by atoms with Gasteiger partial charge in [0.05, 0.1) is 6.20 Å². The molecule has 2 aromatic rings. The smallest absolute Gasteiger partial charge is 0.119 e. The molecule has 1 aromatic heterocycles. The van der Waals surface area contributed by atoms with Crippen molar-refractivity contribution in [3.8, 4) is 0 Å². The normalized spacial score (nSPS) is 14.6. The maximum atomic E-state index is 4.31. The summed E-state index contributed by atoms with van der Waals surface area (Å²) in [5, 5.41) is 4.48. The number of benzene rings is 1. The molecule has 3 rings (SSSR count). The molecule has 5 heteroatoms. The molecule has 0 radical (unpaired) electrons. The fourth-order valence-corrected chi connectivity index (χ4v) is 3.04. The first-order chi connectivity index (χ1) is 9.31. The zero-order chi connectivity index (χ0) is 13.1. The summed E-state index contributed by atoms with van der Waals surface area (Å²) >= 11 is 5.20. The van der Waals surface area contributed by atoms with Crippen LogP contribution in [-0.2, 0) is 6.54 Å². The van der Waals surface area contributed by atoms with E-state index in [0.29, 0.717) is 6.04 Å². The fourth-order valence-electron chi connectivity index (χ4n) is 1.78. The van der Waals surface area contributed by atoms with Gasteiger partial charge in [-0.2, -0.15) is 0 Å². The lowest BCUT2D eigenvalue weighted by molar-refractivity contribution is 0.680. The van der Waals surface area contributed by atoms with Crippen molar-refractivity contribution in [3.63, 3.8) is 0 Å². The topological polar surface area (TPSA) is 37.8 Å². The van der Waals surface area contributed by atoms with Gasteiger partial charge in [0.15, 0.2) is 0 Å². The molecule has 98 valence electrons. The summed E-state index contributed by atoms with van der Waals surface area (Å²) in [4.78, 5) is 9.65. The molecule has 0 aliphatic heterocycles. The van der Waals surface area contributed by atoms with Crippen molar-refractivity contribution in [2.75, 3.05) is 0 Å². The highest BCUT2D eigenvalue weighted by atomic mass is 79.9. The molecule has 19 heavy (non-hydrogen) atoms. The largest absolute Gasteiger partial charge is 0.310 e. The molecule has 1 aliphatic carbocycles. The van der Waals surface area contributed by atoms with E-state index in [1.165, 1.54) is 23.3 Å². The second-order valence-electron chi connectivity index (χ2n) is 4.55. The van der Waals surface area contributed by atoms with E-state index in [-0.39, 0.29) is 0 Å². The van der Waals surface area contributed by atoms with Gasteiger partial charge in [0, 0.05) is 34.3 Å². The molecule has 1 aromatic carbocycles. The van der Waals surface area contributed by atoms with Crippen molar-refractivity contribution in [2.45, 2.75) is 35.3 Å². The Bertz CT molecular complexity index is 558. The molecule has 0 unspecified atom stereocenters. The summed E-state index contributed by atoms with van der Waals surface area (Å²) < 4.78 is 1.11. The van der Waals surface area contributed by atoms with Crippen molar-refractivity contribution in [1.82, 2.24) is 15.3 Å². The summed E-state index contributed by atoms with van der Waals surface area (Å²) in [7, 11) is 0. The average molecular weight is 336 g/mol. The quantitative estimate of drug-likeness (QED) is 0.905. The maximum Gasteiger partial charge on any atom is 0.119 e. The van der Waals surface area contributed by atoms with Crippen LogP contribution in [0.4, 0.5) is 0 Å². The van der Waals surface area contributed by atoms with Crippen LogP contribution < -0.4 is 5.32 Å². The molecule has 0 saturated heterocycles. The Kier molecular flexibility index (Phi) is 4.15. The predicted molar refractivity (Wildman–Crippen MR) is 80.2 cm³/mol. The highest BCUT2D eigenvalue weighted by Crippen LogP contribution is 2.31. The fraction of sp³-hybridized carbons (Fsp3) is 0.286. The van der Waals surface area contributed by atoms with E-state index in [9.17, 15) is 0 Å². The number of rotatable bonds is 5. The lowest BCUT2D eigenvalue weighted by Gasteiger charge is -2.10. The summed E-state index contributed by atoms with van der Waals surface area (Å²) in [6, 6.07) is 7.09. The molecule has 1 heterocycles. The van der Waals surface area contributed by atoms with Gasteiger partial charge in [-0.3, -0.25) is 4.98 Å². The van der Waals surface area contributed by atoms with Gasteiger partial charge in [0.25, 0.3) is 0 Å². The molecule has 0 spiro atoms. The molecule has 1 saturated carbocycles. The molecule has 1 fully saturated rings. The van der Waals surface area contributed by atoms with Crippen LogP contribution >= 0.6 is 27.7 Å². The van der Waals surface area contributed by atoms with E-state index in [1.54, 1.807) is 30.4 Å². The highest BCUT2D eigenvalue weighted by molar-refractivity contribution is 9.10. The first-order valence-corrected chi connectivity index (χ1v) is 7.88. The van der Waals surface area contributed by atoms with E-state index < -0.39 is 0 Å². The molecule has 1 aliphatic rings. The van der Waals surface area contributed by atoms with Gasteiger partial charge in [-0.25, -0.2) is 4.98 Å². The van der Waals surface area contributed by atoms with E-state index in [1.807, 2.05) is 0 Å². The number of halogens is 1. The number of nitrogens with zero attached hydrogens (tertiary/aromatic N) is 2. The second kappa shape index (κ2) is 6.03. The van der Waals surface area contributed by atoms with Crippen molar-refractivity contribution in [1.29, 1.82) is 0 Å². The summed E-state index contributed by atoms with van der Waals surface area (Å²) in [5.74, 6) is 0. The van der Waals surface area contributed by atoms with Gasteiger partial charge in [0.2, 0.25) is 0 Å². The Morgan fingerprint density at radius 1 is 1.32 bits per heavy atom. The molecular weight excluding hydrogens is 322 g/mol. The van der Waals surface area contributed by atoms with Gasteiger partial charge in [-0.1, -0.05) is 27.7 Å². The van der Waals surface area contributed by atoms with Gasteiger partial charge >= 0.3 is 0 Å². The Hall–Kier alpha value is -0.910. The van der Waals surface area contributed by atoms with E-state index in [0.717, 1.165) is 16.0 Å². The number of hydrogen-bond donors (Lipinski definition) is 1. The van der Waals surface area contributed by atoms with Gasteiger partial charge in [-0.05, 0) is 36.6 Å². The lowest BCUT2D eigenvalue weighted by atomic mass is 10.2. The first-order valence-electron chi connectivity index (χ1n) is 6.27. The van der Waals surface area contributed by atoms with Crippen LogP contribution in [0.25, 0.3) is 0 Å². The summed E-state index contributed by atoms with van der Waals surface area (Å²) in [6.07, 6.45) is 7.83. The zero-order valence-corrected chi connectivity index (χ0v) is 12.7. The SMILES string of the molecule is Brc1ccc(Sc2cnccn2)c(CNC2CC2)c1. The third kappa shape index (κ3) is 3.78. The van der Waals surface area contributed by atoms with Crippen molar-refractivity contribution in [2.24, 2.45) is 0 Å². The van der Waals surface area contributed by atoms with Crippen molar-refractivity contribution >= 4 is 27.7 Å².